The number of nitrogens with one attached hydrogen (secondary N) is 1. The second-order valence-corrected chi connectivity index (χ2v) is 6.97. The van der Waals surface area contributed by atoms with Gasteiger partial charge < -0.3 is 19.5 Å². The highest BCUT2D eigenvalue weighted by atomic mass is 16.5. The van der Waals surface area contributed by atoms with E-state index in [-0.39, 0.29) is 6.10 Å². The molecule has 158 valence electrons. The van der Waals surface area contributed by atoms with Crippen LogP contribution in [0.15, 0.2) is 36.5 Å². The smallest absolute Gasteiger partial charge is 0.342 e. The Morgan fingerprint density at radius 2 is 1.87 bits per heavy atom. The van der Waals surface area contributed by atoms with Gasteiger partial charge in [-0.05, 0) is 58.9 Å². The van der Waals surface area contributed by atoms with Crippen molar-refractivity contribution in [2.24, 2.45) is 0 Å². The number of anilines is 2. The number of aromatic nitrogens is 2. The van der Waals surface area contributed by atoms with Crippen molar-refractivity contribution in [2.45, 2.75) is 40.7 Å². The second kappa shape index (κ2) is 9.43. The highest BCUT2D eigenvalue weighted by Gasteiger charge is 2.20. The third-order valence-electron chi connectivity index (χ3n) is 4.25. The van der Waals surface area contributed by atoms with E-state index in [0.717, 1.165) is 5.69 Å². The summed E-state index contributed by atoms with van der Waals surface area (Å²) in [6.07, 6.45) is 1.24. The summed E-state index contributed by atoms with van der Waals surface area (Å²) in [6, 6.07) is 9.32. The molecule has 0 aliphatic carbocycles. The number of rotatable bonds is 8. The van der Waals surface area contributed by atoms with E-state index in [2.05, 4.69) is 15.3 Å². The summed E-state index contributed by atoms with van der Waals surface area (Å²) in [5.74, 6) is 0.887. The number of aryl methyl sites for hydroxylation is 1. The summed E-state index contributed by atoms with van der Waals surface area (Å²) in [6.45, 7) is 10.4. The molecule has 1 N–H and O–H groups in total. The predicted molar refractivity (Wildman–Crippen MR) is 117 cm³/mol. The van der Waals surface area contributed by atoms with Gasteiger partial charge in [0.05, 0.1) is 30.7 Å². The minimum atomic E-state index is -0.457. The molecular formula is C23H27N3O4. The Kier molecular flexibility index (Phi) is 6.72. The molecule has 0 saturated heterocycles. The van der Waals surface area contributed by atoms with Gasteiger partial charge in [-0.2, -0.15) is 0 Å². The van der Waals surface area contributed by atoms with Crippen molar-refractivity contribution in [1.29, 1.82) is 0 Å². The van der Waals surface area contributed by atoms with Crippen LogP contribution in [0, 0.1) is 6.92 Å². The molecule has 7 heteroatoms. The van der Waals surface area contributed by atoms with Crippen LogP contribution in [0.4, 0.5) is 11.4 Å². The lowest BCUT2D eigenvalue weighted by atomic mass is 10.1. The van der Waals surface area contributed by atoms with Crippen LogP contribution in [0.3, 0.4) is 0 Å². The van der Waals surface area contributed by atoms with E-state index in [1.807, 2.05) is 65.0 Å². The normalized spacial score (nSPS) is 10.9. The van der Waals surface area contributed by atoms with Crippen molar-refractivity contribution < 1.29 is 19.0 Å². The van der Waals surface area contributed by atoms with Crippen molar-refractivity contribution >= 4 is 28.4 Å². The number of carbonyl (C=O) groups is 1. The predicted octanol–water partition coefficient (Wildman–Crippen LogP) is 5.04. The molecule has 1 aromatic carbocycles. The van der Waals surface area contributed by atoms with Crippen LogP contribution in [-0.4, -0.2) is 35.3 Å². The number of ether oxygens (including phenoxy) is 3. The molecule has 3 aromatic rings. The van der Waals surface area contributed by atoms with Gasteiger partial charge in [0.2, 0.25) is 0 Å². The zero-order valence-corrected chi connectivity index (χ0v) is 18.0. The van der Waals surface area contributed by atoms with Crippen molar-refractivity contribution in [2.75, 3.05) is 18.5 Å². The first-order valence-electron chi connectivity index (χ1n) is 10.1. The van der Waals surface area contributed by atoms with Crippen LogP contribution in [0.25, 0.3) is 11.0 Å². The van der Waals surface area contributed by atoms with E-state index in [1.54, 1.807) is 0 Å². The van der Waals surface area contributed by atoms with Gasteiger partial charge in [0.1, 0.15) is 17.1 Å². The van der Waals surface area contributed by atoms with Gasteiger partial charge in [0, 0.05) is 23.3 Å². The molecule has 0 aliphatic rings. The van der Waals surface area contributed by atoms with E-state index >= 15 is 0 Å². The monoisotopic (exact) mass is 409 g/mol. The Bertz CT molecular complexity index is 1050. The number of carbonyl (C=O) groups excluding carboxylic acids is 1. The molecule has 0 aliphatic heterocycles. The van der Waals surface area contributed by atoms with Crippen LogP contribution >= 0.6 is 0 Å². The van der Waals surface area contributed by atoms with Crippen LogP contribution in [0.5, 0.6) is 11.5 Å². The lowest BCUT2D eigenvalue weighted by molar-refractivity contribution is 0.0379. The topological polar surface area (TPSA) is 82.6 Å². The zero-order valence-electron chi connectivity index (χ0n) is 18.0. The average Bonchev–Trinajstić information content (AvgIpc) is 2.69. The third kappa shape index (κ3) is 4.79. The first-order chi connectivity index (χ1) is 14.4. The quantitative estimate of drug-likeness (QED) is 0.522. The Labute approximate surface area is 176 Å². The molecule has 7 nitrogen and oxygen atoms in total. The molecular weight excluding hydrogens is 382 g/mol. The third-order valence-corrected chi connectivity index (χ3v) is 4.25. The second-order valence-electron chi connectivity index (χ2n) is 6.97. The van der Waals surface area contributed by atoms with Crippen molar-refractivity contribution in [3.63, 3.8) is 0 Å². The maximum atomic E-state index is 12.8. The van der Waals surface area contributed by atoms with E-state index in [4.69, 9.17) is 14.2 Å². The van der Waals surface area contributed by atoms with Gasteiger partial charge in [-0.3, -0.25) is 0 Å². The summed E-state index contributed by atoms with van der Waals surface area (Å²) < 4.78 is 16.8. The first-order valence-corrected chi connectivity index (χ1v) is 10.1. The fourth-order valence-electron chi connectivity index (χ4n) is 3.02. The van der Waals surface area contributed by atoms with Crippen LogP contribution in [-0.2, 0) is 4.74 Å². The summed E-state index contributed by atoms with van der Waals surface area (Å²) in [5, 5.41) is 4.07. The molecule has 2 aromatic heterocycles. The molecule has 0 amide bonds. The Hall–Kier alpha value is -3.35. The highest BCUT2D eigenvalue weighted by molar-refractivity contribution is 6.05. The zero-order chi connectivity index (χ0) is 21.7. The fraction of sp³-hybridized carbons (Fsp3) is 0.348. The van der Waals surface area contributed by atoms with Gasteiger partial charge in [-0.1, -0.05) is 0 Å². The molecule has 2 heterocycles. The summed E-state index contributed by atoms with van der Waals surface area (Å²) in [4.78, 5) is 21.6. The van der Waals surface area contributed by atoms with E-state index in [9.17, 15) is 4.79 Å². The Morgan fingerprint density at radius 3 is 2.57 bits per heavy atom. The number of benzene rings is 1. The van der Waals surface area contributed by atoms with Crippen LogP contribution in [0.1, 0.15) is 43.7 Å². The number of pyridine rings is 2. The van der Waals surface area contributed by atoms with Crippen molar-refractivity contribution in [1.82, 2.24) is 9.97 Å². The van der Waals surface area contributed by atoms with Gasteiger partial charge in [-0.25, -0.2) is 14.8 Å². The lowest BCUT2D eigenvalue weighted by Gasteiger charge is -2.18. The first kappa shape index (κ1) is 21.4. The molecule has 3 rings (SSSR count). The molecule has 30 heavy (non-hydrogen) atoms. The largest absolute Gasteiger partial charge is 0.494 e. The maximum absolute atomic E-state index is 12.8. The van der Waals surface area contributed by atoms with Gasteiger partial charge >= 0.3 is 5.97 Å². The Morgan fingerprint density at radius 1 is 1.10 bits per heavy atom. The molecule has 0 radical (unpaired) electrons. The molecule has 0 saturated carbocycles. The molecule has 0 atom stereocenters. The SMILES string of the molecule is CCOc1ccc(OCC)c(Nc2c(C(=O)OC(C)C)cnc3nc(C)ccc23)c1. The Balaban J connectivity index is 2.16. The number of nitrogens with zero attached hydrogens (tertiary/aromatic N) is 2. The lowest BCUT2D eigenvalue weighted by Crippen LogP contribution is -2.14. The molecule has 0 spiro atoms. The number of hydrogen-bond acceptors (Lipinski definition) is 7. The van der Waals surface area contributed by atoms with Gasteiger partial charge in [-0.15, -0.1) is 0 Å². The van der Waals surface area contributed by atoms with Gasteiger partial charge in [0.25, 0.3) is 0 Å². The molecule has 0 unspecified atom stereocenters. The van der Waals surface area contributed by atoms with Crippen molar-refractivity contribution in [3.05, 3.63) is 47.8 Å². The van der Waals surface area contributed by atoms with E-state index < -0.39 is 5.97 Å². The summed E-state index contributed by atoms with van der Waals surface area (Å²) in [5.41, 5.74) is 2.94. The summed E-state index contributed by atoms with van der Waals surface area (Å²) >= 11 is 0. The van der Waals surface area contributed by atoms with Crippen LogP contribution < -0.4 is 14.8 Å². The standard InChI is InChI=1S/C23H27N3O4/c1-6-28-16-9-11-20(29-7-2)19(12-16)26-21-17-10-8-15(5)25-22(17)24-13-18(21)23(27)30-14(3)4/h8-14H,6-7H2,1-5H3,(H,24,25,26). The maximum Gasteiger partial charge on any atom is 0.342 e. The van der Waals surface area contributed by atoms with E-state index in [1.165, 1.54) is 6.20 Å². The number of hydrogen-bond donors (Lipinski definition) is 1. The summed E-state index contributed by atoms with van der Waals surface area (Å²) in [7, 11) is 0. The number of fused-ring (bicyclic) bond motifs is 1. The minimum absolute atomic E-state index is 0.252. The molecule has 0 fully saturated rings. The highest BCUT2D eigenvalue weighted by Crippen LogP contribution is 2.36. The molecule has 0 bridgehead atoms. The van der Waals surface area contributed by atoms with Crippen molar-refractivity contribution in [3.8, 4) is 11.5 Å². The number of esters is 1. The average molecular weight is 409 g/mol. The van der Waals surface area contributed by atoms with Crippen LogP contribution in [0.2, 0.25) is 0 Å². The fourth-order valence-corrected chi connectivity index (χ4v) is 3.02. The minimum Gasteiger partial charge on any atom is -0.494 e. The van der Waals surface area contributed by atoms with Gasteiger partial charge in [0.15, 0.2) is 5.65 Å². The van der Waals surface area contributed by atoms with E-state index in [0.29, 0.717) is 52.7 Å².